The van der Waals surface area contributed by atoms with Crippen LogP contribution in [0.25, 0.3) is 0 Å². The number of carbonyl (C=O) groups is 2. The van der Waals surface area contributed by atoms with E-state index in [0.717, 1.165) is 25.8 Å². The molecule has 0 aliphatic carbocycles. The van der Waals surface area contributed by atoms with Gasteiger partial charge in [-0.15, -0.1) is 0 Å². The number of carbonyl (C=O) groups excluding carboxylic acids is 2. The molecule has 2 atom stereocenters. The number of rotatable bonds is 3. The zero-order valence-corrected chi connectivity index (χ0v) is 9.21. The highest BCUT2D eigenvalue weighted by Crippen LogP contribution is 2.06. The van der Waals surface area contributed by atoms with E-state index in [2.05, 4.69) is 15.4 Å². The highest BCUT2D eigenvalue weighted by Gasteiger charge is 2.24. The third-order valence-electron chi connectivity index (χ3n) is 2.54. The highest BCUT2D eigenvalue weighted by atomic mass is 16.5. The van der Waals surface area contributed by atoms with Crippen LogP contribution in [0, 0.1) is 0 Å². The fourth-order valence-corrected chi connectivity index (χ4v) is 1.64. The van der Waals surface area contributed by atoms with Gasteiger partial charge in [-0.3, -0.25) is 14.9 Å². The first-order valence-electron chi connectivity index (χ1n) is 5.26. The van der Waals surface area contributed by atoms with Gasteiger partial charge >= 0.3 is 5.97 Å². The topological polar surface area (TPSA) is 67.4 Å². The molecule has 0 radical (unpaired) electrons. The van der Waals surface area contributed by atoms with Crippen LogP contribution in [0.5, 0.6) is 0 Å². The van der Waals surface area contributed by atoms with Gasteiger partial charge in [0.25, 0.3) is 0 Å². The van der Waals surface area contributed by atoms with E-state index in [1.54, 1.807) is 6.92 Å². The van der Waals surface area contributed by atoms with Gasteiger partial charge in [0.2, 0.25) is 5.91 Å². The van der Waals surface area contributed by atoms with Crippen molar-refractivity contribution in [2.75, 3.05) is 13.7 Å². The number of hydrogen-bond acceptors (Lipinski definition) is 4. The SMILES string of the molecule is COC(=O)C(C)NC1CCCCNC1=O. The molecule has 0 spiro atoms. The van der Waals surface area contributed by atoms with E-state index in [9.17, 15) is 9.59 Å². The van der Waals surface area contributed by atoms with Crippen molar-refractivity contribution in [2.24, 2.45) is 0 Å². The molecular weight excluding hydrogens is 196 g/mol. The fraction of sp³-hybridized carbons (Fsp3) is 0.800. The first-order valence-corrected chi connectivity index (χ1v) is 5.26. The summed E-state index contributed by atoms with van der Waals surface area (Å²) in [4.78, 5) is 22.7. The van der Waals surface area contributed by atoms with Gasteiger partial charge in [0.15, 0.2) is 0 Å². The molecule has 2 N–H and O–H groups in total. The molecule has 5 heteroatoms. The van der Waals surface area contributed by atoms with E-state index in [-0.39, 0.29) is 17.9 Å². The highest BCUT2D eigenvalue weighted by molar-refractivity contribution is 5.83. The second kappa shape index (κ2) is 5.70. The Morgan fingerprint density at radius 3 is 3.00 bits per heavy atom. The van der Waals surface area contributed by atoms with E-state index in [1.807, 2.05) is 0 Å². The Hall–Kier alpha value is -1.10. The van der Waals surface area contributed by atoms with E-state index in [0.29, 0.717) is 0 Å². The monoisotopic (exact) mass is 214 g/mol. The maximum Gasteiger partial charge on any atom is 0.322 e. The van der Waals surface area contributed by atoms with Crippen molar-refractivity contribution >= 4 is 11.9 Å². The van der Waals surface area contributed by atoms with Crippen molar-refractivity contribution < 1.29 is 14.3 Å². The van der Waals surface area contributed by atoms with Crippen molar-refractivity contribution in [3.63, 3.8) is 0 Å². The molecule has 0 aromatic heterocycles. The smallest absolute Gasteiger partial charge is 0.322 e. The number of ether oxygens (including phenoxy) is 1. The average molecular weight is 214 g/mol. The Labute approximate surface area is 89.6 Å². The summed E-state index contributed by atoms with van der Waals surface area (Å²) in [5.41, 5.74) is 0. The minimum Gasteiger partial charge on any atom is -0.468 e. The predicted molar refractivity (Wildman–Crippen MR) is 55.3 cm³/mol. The molecule has 1 aliphatic heterocycles. The third-order valence-corrected chi connectivity index (χ3v) is 2.54. The Bertz CT molecular complexity index is 243. The summed E-state index contributed by atoms with van der Waals surface area (Å²) in [7, 11) is 1.34. The minimum absolute atomic E-state index is 0.0248. The van der Waals surface area contributed by atoms with Gasteiger partial charge in [-0.1, -0.05) is 0 Å². The normalized spacial score (nSPS) is 23.9. The van der Waals surface area contributed by atoms with Crippen molar-refractivity contribution in [3.05, 3.63) is 0 Å². The van der Waals surface area contributed by atoms with Gasteiger partial charge in [0.1, 0.15) is 6.04 Å². The average Bonchev–Trinajstić information content (AvgIpc) is 2.43. The second-order valence-corrected chi connectivity index (χ2v) is 3.75. The van der Waals surface area contributed by atoms with Gasteiger partial charge in [0.05, 0.1) is 13.2 Å². The summed E-state index contributed by atoms with van der Waals surface area (Å²) in [6.07, 6.45) is 2.76. The van der Waals surface area contributed by atoms with Crippen LogP contribution in [0.1, 0.15) is 26.2 Å². The van der Waals surface area contributed by atoms with E-state index in [1.165, 1.54) is 7.11 Å². The van der Waals surface area contributed by atoms with Crippen LogP contribution in [-0.2, 0) is 14.3 Å². The quantitative estimate of drug-likeness (QED) is 0.639. The molecule has 5 nitrogen and oxygen atoms in total. The summed E-state index contributed by atoms with van der Waals surface area (Å²) in [5.74, 6) is -0.365. The summed E-state index contributed by atoms with van der Waals surface area (Å²) in [6, 6.07) is -0.717. The Balaban J connectivity index is 2.47. The minimum atomic E-state index is -0.441. The van der Waals surface area contributed by atoms with Crippen molar-refractivity contribution in [2.45, 2.75) is 38.3 Å². The van der Waals surface area contributed by atoms with Crippen LogP contribution in [0.2, 0.25) is 0 Å². The van der Waals surface area contributed by atoms with Crippen LogP contribution in [-0.4, -0.2) is 37.6 Å². The summed E-state index contributed by atoms with van der Waals surface area (Å²) in [5, 5.41) is 5.78. The molecule has 1 fully saturated rings. The Morgan fingerprint density at radius 1 is 1.60 bits per heavy atom. The zero-order valence-electron chi connectivity index (χ0n) is 9.21. The Kier molecular flexibility index (Phi) is 4.55. The summed E-state index contributed by atoms with van der Waals surface area (Å²) >= 11 is 0. The van der Waals surface area contributed by atoms with Crippen molar-refractivity contribution in [1.29, 1.82) is 0 Å². The van der Waals surface area contributed by atoms with Crippen LogP contribution in [0.15, 0.2) is 0 Å². The largest absolute Gasteiger partial charge is 0.468 e. The molecule has 15 heavy (non-hydrogen) atoms. The van der Waals surface area contributed by atoms with Crippen LogP contribution in [0.3, 0.4) is 0 Å². The lowest BCUT2D eigenvalue weighted by atomic mass is 10.1. The van der Waals surface area contributed by atoms with Crippen molar-refractivity contribution in [1.82, 2.24) is 10.6 Å². The van der Waals surface area contributed by atoms with Crippen LogP contribution in [0.4, 0.5) is 0 Å². The van der Waals surface area contributed by atoms with Crippen LogP contribution < -0.4 is 10.6 Å². The molecule has 0 bridgehead atoms. The van der Waals surface area contributed by atoms with E-state index in [4.69, 9.17) is 0 Å². The molecule has 1 rings (SSSR count). The molecular formula is C10H18N2O3. The molecule has 1 heterocycles. The number of methoxy groups -OCH3 is 1. The number of esters is 1. The van der Waals surface area contributed by atoms with Gasteiger partial charge < -0.3 is 10.1 Å². The number of amides is 1. The number of hydrogen-bond donors (Lipinski definition) is 2. The molecule has 1 saturated heterocycles. The third kappa shape index (κ3) is 3.51. The zero-order chi connectivity index (χ0) is 11.3. The van der Waals surface area contributed by atoms with E-state index >= 15 is 0 Å². The lowest BCUT2D eigenvalue weighted by Crippen LogP contribution is -2.49. The van der Waals surface area contributed by atoms with Crippen molar-refractivity contribution in [3.8, 4) is 0 Å². The van der Waals surface area contributed by atoms with Gasteiger partial charge in [-0.05, 0) is 26.2 Å². The lowest BCUT2D eigenvalue weighted by Gasteiger charge is -2.19. The molecule has 0 aromatic rings. The standard InChI is InChI=1S/C10H18N2O3/c1-7(10(14)15-2)12-8-5-3-4-6-11-9(8)13/h7-8,12H,3-6H2,1-2H3,(H,11,13). The predicted octanol–water partition coefficient (Wildman–Crippen LogP) is -0.194. The number of nitrogens with one attached hydrogen (secondary N) is 2. The van der Waals surface area contributed by atoms with E-state index < -0.39 is 6.04 Å². The maximum atomic E-state index is 11.5. The van der Waals surface area contributed by atoms with Gasteiger partial charge in [0, 0.05) is 6.54 Å². The van der Waals surface area contributed by atoms with Crippen LogP contribution >= 0.6 is 0 Å². The first-order chi connectivity index (χ1) is 7.15. The molecule has 1 amide bonds. The molecule has 86 valence electrons. The summed E-state index contributed by atoms with van der Waals surface area (Å²) in [6.45, 7) is 2.42. The van der Waals surface area contributed by atoms with Gasteiger partial charge in [-0.25, -0.2) is 0 Å². The molecule has 0 saturated carbocycles. The maximum absolute atomic E-state index is 11.5. The Morgan fingerprint density at radius 2 is 2.33 bits per heavy atom. The first kappa shape index (κ1) is 12.0. The summed E-state index contributed by atoms with van der Waals surface area (Å²) < 4.78 is 4.59. The lowest BCUT2D eigenvalue weighted by molar-refractivity contribution is -0.143. The molecule has 1 aliphatic rings. The molecule has 0 aromatic carbocycles. The molecule has 2 unspecified atom stereocenters. The second-order valence-electron chi connectivity index (χ2n) is 3.75. The van der Waals surface area contributed by atoms with Gasteiger partial charge in [-0.2, -0.15) is 0 Å². The fourth-order valence-electron chi connectivity index (χ4n) is 1.64.